The lowest BCUT2D eigenvalue weighted by Crippen LogP contribution is -2.46. The number of aryl methyl sites for hydroxylation is 1. The van der Waals surface area contributed by atoms with Crippen LogP contribution in [-0.4, -0.2) is 47.3 Å². The third-order valence-corrected chi connectivity index (χ3v) is 5.03. The molecule has 138 valence electrons. The van der Waals surface area contributed by atoms with Crippen molar-refractivity contribution in [2.24, 2.45) is 5.92 Å². The highest BCUT2D eigenvalue weighted by atomic mass is 16.5. The second-order valence-electron chi connectivity index (χ2n) is 6.93. The molecule has 1 N–H and O–H groups in total. The average molecular weight is 358 g/mol. The van der Waals surface area contributed by atoms with Gasteiger partial charge in [0.15, 0.2) is 12.4 Å². The van der Waals surface area contributed by atoms with E-state index in [1.54, 1.807) is 19.1 Å². The molecule has 0 unspecified atom stereocenters. The summed E-state index contributed by atoms with van der Waals surface area (Å²) in [5.41, 5.74) is 0.621. The Hall–Kier alpha value is -2.70. The molecule has 7 nitrogen and oxygen atoms in total. The molecule has 1 atom stereocenters. The maximum atomic E-state index is 12.4. The van der Waals surface area contributed by atoms with E-state index in [0.717, 1.165) is 29.7 Å². The van der Waals surface area contributed by atoms with Crippen molar-refractivity contribution in [3.05, 3.63) is 35.4 Å². The molecule has 1 saturated heterocycles. The molecule has 1 aliphatic carbocycles. The lowest BCUT2D eigenvalue weighted by atomic mass is 9.96. The molecule has 2 aliphatic rings. The van der Waals surface area contributed by atoms with Crippen LogP contribution >= 0.6 is 0 Å². The van der Waals surface area contributed by atoms with Crippen LogP contribution < -0.4 is 5.32 Å². The minimum atomic E-state index is -0.936. The van der Waals surface area contributed by atoms with Gasteiger partial charge in [0.1, 0.15) is 12.1 Å². The standard InChI is InChI=1S/C19H22N2O5/c1-3-12-4-6-13(7-5-12)15(22)11-26-16(23)10-21-17(24)19(2,14-8-9-14)20-18(21)25/h4-7,14H,3,8-11H2,1-2H3,(H,20,25)/t19-/m1/s1. The number of amides is 3. The van der Waals surface area contributed by atoms with Crippen molar-refractivity contribution >= 4 is 23.7 Å². The molecule has 0 spiro atoms. The molecule has 3 amide bonds. The van der Waals surface area contributed by atoms with E-state index >= 15 is 0 Å². The van der Waals surface area contributed by atoms with E-state index in [1.807, 2.05) is 19.1 Å². The van der Waals surface area contributed by atoms with Gasteiger partial charge in [-0.1, -0.05) is 31.2 Å². The van der Waals surface area contributed by atoms with Gasteiger partial charge in [0.25, 0.3) is 5.91 Å². The zero-order chi connectivity index (χ0) is 18.9. The first-order valence-corrected chi connectivity index (χ1v) is 8.77. The van der Waals surface area contributed by atoms with Crippen LogP contribution in [0.5, 0.6) is 0 Å². The van der Waals surface area contributed by atoms with Crippen LogP contribution in [0.1, 0.15) is 42.6 Å². The maximum absolute atomic E-state index is 12.4. The highest BCUT2D eigenvalue weighted by molar-refractivity contribution is 6.09. The number of hydrogen-bond acceptors (Lipinski definition) is 5. The van der Waals surface area contributed by atoms with Gasteiger partial charge in [0.2, 0.25) is 0 Å². The van der Waals surface area contributed by atoms with Gasteiger partial charge in [-0.25, -0.2) is 4.79 Å². The summed E-state index contributed by atoms with van der Waals surface area (Å²) in [5.74, 6) is -1.41. The lowest BCUT2D eigenvalue weighted by Gasteiger charge is -2.20. The first-order valence-electron chi connectivity index (χ1n) is 8.77. The van der Waals surface area contributed by atoms with Gasteiger partial charge in [-0.05, 0) is 37.7 Å². The number of ketones is 1. The number of carbonyl (C=O) groups excluding carboxylic acids is 4. The van der Waals surface area contributed by atoms with Crippen molar-refractivity contribution in [3.8, 4) is 0 Å². The Labute approximate surface area is 151 Å². The number of hydrogen-bond donors (Lipinski definition) is 1. The molecule has 7 heteroatoms. The third kappa shape index (κ3) is 3.47. The van der Waals surface area contributed by atoms with Crippen molar-refractivity contribution in [3.63, 3.8) is 0 Å². The van der Waals surface area contributed by atoms with Crippen LogP contribution in [0, 0.1) is 5.92 Å². The third-order valence-electron chi connectivity index (χ3n) is 5.03. The summed E-state index contributed by atoms with van der Waals surface area (Å²) < 4.78 is 4.96. The number of ether oxygens (including phenoxy) is 1. The van der Waals surface area contributed by atoms with Crippen molar-refractivity contribution in [2.45, 2.75) is 38.6 Å². The van der Waals surface area contributed by atoms with Crippen LogP contribution in [0.3, 0.4) is 0 Å². The molecule has 0 bridgehead atoms. The van der Waals surface area contributed by atoms with Crippen molar-refractivity contribution in [1.29, 1.82) is 0 Å². The van der Waals surface area contributed by atoms with Crippen LogP contribution in [0.4, 0.5) is 4.79 Å². The largest absolute Gasteiger partial charge is 0.456 e. The fraction of sp³-hybridized carbons (Fsp3) is 0.474. The number of esters is 1. The second-order valence-corrected chi connectivity index (χ2v) is 6.93. The van der Waals surface area contributed by atoms with Gasteiger partial charge >= 0.3 is 12.0 Å². The van der Waals surface area contributed by atoms with Gasteiger partial charge in [-0.3, -0.25) is 19.3 Å². The molecule has 1 aromatic carbocycles. The Morgan fingerprint density at radius 3 is 2.46 bits per heavy atom. The summed E-state index contributed by atoms with van der Waals surface area (Å²) in [6, 6.07) is 6.48. The minimum Gasteiger partial charge on any atom is -0.456 e. The van der Waals surface area contributed by atoms with E-state index < -0.39 is 36.6 Å². The first kappa shape index (κ1) is 18.1. The Morgan fingerprint density at radius 2 is 1.88 bits per heavy atom. The SMILES string of the molecule is CCc1ccc(C(=O)COC(=O)CN2C(=O)N[C@](C)(C3CC3)C2=O)cc1. The minimum absolute atomic E-state index is 0.118. The molecule has 1 aromatic rings. The van der Waals surface area contributed by atoms with Crippen LogP contribution in [0.2, 0.25) is 0 Å². The van der Waals surface area contributed by atoms with Gasteiger partial charge < -0.3 is 10.1 Å². The fourth-order valence-corrected chi connectivity index (χ4v) is 3.13. The topological polar surface area (TPSA) is 92.8 Å². The summed E-state index contributed by atoms with van der Waals surface area (Å²) in [6.07, 6.45) is 2.63. The van der Waals surface area contributed by atoms with Gasteiger partial charge in [0.05, 0.1) is 0 Å². The van der Waals surface area contributed by atoms with E-state index in [0.29, 0.717) is 5.56 Å². The van der Waals surface area contributed by atoms with Crippen LogP contribution in [-0.2, 0) is 20.7 Å². The molecule has 0 aromatic heterocycles. The number of nitrogens with one attached hydrogen (secondary N) is 1. The molecular formula is C19H22N2O5. The van der Waals surface area contributed by atoms with E-state index in [9.17, 15) is 19.2 Å². The summed E-state index contributed by atoms with van der Waals surface area (Å²) >= 11 is 0. The smallest absolute Gasteiger partial charge is 0.326 e. The zero-order valence-corrected chi connectivity index (χ0v) is 14.9. The predicted molar refractivity (Wildman–Crippen MR) is 92.5 cm³/mol. The normalized spacial score (nSPS) is 22.3. The summed E-state index contributed by atoms with van der Waals surface area (Å²) in [6.45, 7) is 2.78. The van der Waals surface area contributed by atoms with Crippen LogP contribution in [0.25, 0.3) is 0 Å². The van der Waals surface area contributed by atoms with Crippen molar-refractivity contribution in [1.82, 2.24) is 10.2 Å². The van der Waals surface area contributed by atoms with Crippen molar-refractivity contribution < 1.29 is 23.9 Å². The Kier molecular flexibility index (Phi) is 4.80. The fourth-order valence-electron chi connectivity index (χ4n) is 3.13. The van der Waals surface area contributed by atoms with Crippen LogP contribution in [0.15, 0.2) is 24.3 Å². The number of carbonyl (C=O) groups is 4. The molecule has 2 fully saturated rings. The number of Topliss-reactive ketones (excluding diaryl/α,β-unsaturated/α-hetero) is 1. The summed E-state index contributed by atoms with van der Waals surface area (Å²) in [5, 5.41) is 2.66. The molecule has 26 heavy (non-hydrogen) atoms. The lowest BCUT2D eigenvalue weighted by molar-refractivity contribution is -0.146. The Bertz CT molecular complexity index is 754. The number of rotatable bonds is 7. The van der Waals surface area contributed by atoms with E-state index in [4.69, 9.17) is 4.74 Å². The zero-order valence-electron chi connectivity index (χ0n) is 14.9. The summed E-state index contributed by atoms with van der Waals surface area (Å²) in [7, 11) is 0. The molecule has 1 heterocycles. The maximum Gasteiger partial charge on any atom is 0.326 e. The Morgan fingerprint density at radius 1 is 1.23 bits per heavy atom. The summed E-state index contributed by atoms with van der Waals surface area (Å²) in [4.78, 5) is 49.4. The molecule has 3 rings (SSSR count). The number of imide groups is 1. The quantitative estimate of drug-likeness (QED) is 0.455. The molecule has 0 radical (unpaired) electrons. The van der Waals surface area contributed by atoms with E-state index in [-0.39, 0.29) is 11.7 Å². The van der Waals surface area contributed by atoms with Crippen molar-refractivity contribution in [2.75, 3.05) is 13.2 Å². The van der Waals surface area contributed by atoms with E-state index in [1.165, 1.54) is 0 Å². The molecular weight excluding hydrogens is 336 g/mol. The number of benzene rings is 1. The molecule has 1 aliphatic heterocycles. The number of urea groups is 1. The first-order chi connectivity index (χ1) is 12.3. The predicted octanol–water partition coefficient (Wildman–Crippen LogP) is 1.70. The highest BCUT2D eigenvalue weighted by Crippen LogP contribution is 2.42. The molecule has 1 saturated carbocycles. The second kappa shape index (κ2) is 6.90. The monoisotopic (exact) mass is 358 g/mol. The van der Waals surface area contributed by atoms with Gasteiger partial charge in [0, 0.05) is 5.56 Å². The Balaban J connectivity index is 1.53. The van der Waals surface area contributed by atoms with E-state index in [2.05, 4.69) is 5.32 Å². The average Bonchev–Trinajstić information content (AvgIpc) is 3.46. The number of nitrogens with zero attached hydrogens (tertiary/aromatic N) is 1. The van der Waals surface area contributed by atoms with Gasteiger partial charge in [-0.2, -0.15) is 0 Å². The van der Waals surface area contributed by atoms with Gasteiger partial charge in [-0.15, -0.1) is 0 Å². The highest BCUT2D eigenvalue weighted by Gasteiger charge is 2.56.